The molecule has 188 valence electrons. The Morgan fingerprint density at radius 3 is 2.47 bits per heavy atom. The Kier molecular flexibility index (Phi) is 7.67. The molecule has 0 atom stereocenters. The number of methoxy groups -OCH3 is 2. The van der Waals surface area contributed by atoms with Gasteiger partial charge in [-0.3, -0.25) is 4.72 Å². The van der Waals surface area contributed by atoms with Crippen LogP contribution in [0.1, 0.15) is 6.92 Å². The molecule has 0 saturated heterocycles. The summed E-state index contributed by atoms with van der Waals surface area (Å²) in [5, 5.41) is 7.00. The maximum absolute atomic E-state index is 12.8. The van der Waals surface area contributed by atoms with E-state index in [2.05, 4.69) is 30.3 Å². The fraction of sp³-hybridized carbons (Fsp3) is 0.182. The van der Waals surface area contributed by atoms with Crippen molar-refractivity contribution in [3.63, 3.8) is 0 Å². The highest BCUT2D eigenvalue weighted by molar-refractivity contribution is 7.92. The summed E-state index contributed by atoms with van der Waals surface area (Å²) in [5.41, 5.74) is 1.42. The topological polar surface area (TPSA) is 137 Å². The Morgan fingerprint density at radius 2 is 1.78 bits per heavy atom. The average Bonchev–Trinajstić information content (AvgIpc) is 3.25. The van der Waals surface area contributed by atoms with Crippen LogP contribution >= 0.6 is 23.6 Å². The van der Waals surface area contributed by atoms with Crippen molar-refractivity contribution in [1.29, 1.82) is 0 Å². The van der Waals surface area contributed by atoms with Gasteiger partial charge in [0.2, 0.25) is 5.88 Å². The Morgan fingerprint density at radius 1 is 1.00 bits per heavy atom. The lowest BCUT2D eigenvalue weighted by molar-refractivity contribution is 0.341. The van der Waals surface area contributed by atoms with Gasteiger partial charge >= 0.3 is 6.01 Å². The standard InChI is InChI=1S/C22H22N6O5S3/c1-4-33-14-7-10-16-17(11-14)35-22(24-16)27-21(34)23-13-5-8-15(9-6-13)36(29,30)28-18-12-19(31-2)26-20(25-18)32-3/h5-12H,4H2,1-3H3,(H,25,26,28)(H2,23,24,27,34). The number of nitrogens with one attached hydrogen (secondary N) is 3. The van der Waals surface area contributed by atoms with Gasteiger partial charge in [0, 0.05) is 11.8 Å². The molecule has 0 bridgehead atoms. The van der Waals surface area contributed by atoms with E-state index in [1.54, 1.807) is 12.1 Å². The second-order valence-corrected chi connectivity index (χ2v) is 10.2. The number of hydrogen-bond acceptors (Lipinski definition) is 10. The number of anilines is 3. The Balaban J connectivity index is 1.41. The highest BCUT2D eigenvalue weighted by atomic mass is 32.2. The number of nitrogens with zero attached hydrogens (tertiary/aromatic N) is 3. The summed E-state index contributed by atoms with van der Waals surface area (Å²) in [4.78, 5) is 12.5. The van der Waals surface area contributed by atoms with Crippen LogP contribution in [0.4, 0.5) is 16.6 Å². The van der Waals surface area contributed by atoms with Crippen LogP contribution in [0.3, 0.4) is 0 Å². The van der Waals surface area contributed by atoms with Crippen molar-refractivity contribution in [1.82, 2.24) is 15.0 Å². The van der Waals surface area contributed by atoms with Crippen molar-refractivity contribution >= 4 is 65.5 Å². The van der Waals surface area contributed by atoms with Crippen LogP contribution in [-0.4, -0.2) is 49.3 Å². The molecule has 36 heavy (non-hydrogen) atoms. The van der Waals surface area contributed by atoms with Crippen LogP contribution in [0.5, 0.6) is 17.6 Å². The summed E-state index contributed by atoms with van der Waals surface area (Å²) in [6, 6.07) is 13.1. The van der Waals surface area contributed by atoms with Gasteiger partial charge in [-0.15, -0.1) is 0 Å². The molecular formula is C22H22N6O5S3. The van der Waals surface area contributed by atoms with E-state index in [1.807, 2.05) is 25.1 Å². The molecule has 0 unspecified atom stereocenters. The fourth-order valence-electron chi connectivity index (χ4n) is 3.04. The van der Waals surface area contributed by atoms with Crippen molar-refractivity contribution in [2.45, 2.75) is 11.8 Å². The van der Waals surface area contributed by atoms with Gasteiger partial charge in [0.05, 0.1) is 35.9 Å². The molecule has 0 aliphatic carbocycles. The molecule has 2 aromatic heterocycles. The van der Waals surface area contributed by atoms with Crippen molar-refractivity contribution < 1.29 is 22.6 Å². The van der Waals surface area contributed by atoms with E-state index in [0.717, 1.165) is 16.0 Å². The van der Waals surface area contributed by atoms with Crippen LogP contribution in [0.15, 0.2) is 53.4 Å². The summed E-state index contributed by atoms with van der Waals surface area (Å²) in [6.07, 6.45) is 0. The molecule has 0 aliphatic heterocycles. The minimum absolute atomic E-state index is 0.00971. The van der Waals surface area contributed by atoms with Gasteiger partial charge in [0.25, 0.3) is 10.0 Å². The third kappa shape index (κ3) is 6.08. The van der Waals surface area contributed by atoms with Crippen LogP contribution in [0.25, 0.3) is 10.2 Å². The van der Waals surface area contributed by atoms with E-state index < -0.39 is 10.0 Å². The molecule has 0 fully saturated rings. The van der Waals surface area contributed by atoms with Crippen molar-refractivity contribution in [2.75, 3.05) is 36.2 Å². The molecule has 4 aromatic rings. The van der Waals surface area contributed by atoms with Crippen LogP contribution in [-0.2, 0) is 10.0 Å². The molecule has 2 aromatic carbocycles. The largest absolute Gasteiger partial charge is 0.494 e. The van der Waals surface area contributed by atoms with Crippen molar-refractivity contribution in [3.05, 3.63) is 48.5 Å². The lowest BCUT2D eigenvalue weighted by atomic mass is 10.3. The van der Waals surface area contributed by atoms with Gasteiger partial charge in [0.1, 0.15) is 5.75 Å². The molecule has 0 aliphatic rings. The number of aromatic nitrogens is 3. The third-order valence-electron chi connectivity index (χ3n) is 4.63. The quantitative estimate of drug-likeness (QED) is 0.262. The number of sulfonamides is 1. The fourth-order valence-corrected chi connectivity index (χ4v) is 5.21. The zero-order chi connectivity index (χ0) is 25.7. The first-order chi connectivity index (χ1) is 17.3. The lowest BCUT2D eigenvalue weighted by Crippen LogP contribution is -2.19. The number of rotatable bonds is 9. The number of ether oxygens (including phenoxy) is 3. The molecule has 2 heterocycles. The van der Waals surface area contributed by atoms with E-state index in [9.17, 15) is 8.42 Å². The average molecular weight is 547 g/mol. The first-order valence-corrected chi connectivity index (χ1v) is 13.2. The van der Waals surface area contributed by atoms with Gasteiger partial charge in [-0.2, -0.15) is 9.97 Å². The summed E-state index contributed by atoms with van der Waals surface area (Å²) in [5.74, 6) is 0.946. The smallest absolute Gasteiger partial charge is 0.321 e. The Hall–Kier alpha value is -3.75. The molecule has 0 radical (unpaired) electrons. The molecule has 0 spiro atoms. The number of thiocarbonyl (C=S) groups is 1. The van der Waals surface area contributed by atoms with E-state index in [0.29, 0.717) is 22.5 Å². The van der Waals surface area contributed by atoms with Gasteiger partial charge in [0.15, 0.2) is 16.1 Å². The molecule has 4 rings (SSSR count). The molecule has 3 N–H and O–H groups in total. The number of thiazole rings is 1. The molecule has 0 saturated carbocycles. The lowest BCUT2D eigenvalue weighted by Gasteiger charge is -2.11. The summed E-state index contributed by atoms with van der Waals surface area (Å²) in [6.45, 7) is 2.52. The first kappa shape index (κ1) is 25.3. The predicted molar refractivity (Wildman–Crippen MR) is 143 cm³/mol. The minimum Gasteiger partial charge on any atom is -0.494 e. The zero-order valence-electron chi connectivity index (χ0n) is 19.4. The molecular weight excluding hydrogens is 524 g/mol. The van der Waals surface area contributed by atoms with Crippen LogP contribution < -0.4 is 29.6 Å². The van der Waals surface area contributed by atoms with Crippen molar-refractivity contribution in [2.24, 2.45) is 0 Å². The maximum Gasteiger partial charge on any atom is 0.321 e. The Bertz CT molecular complexity index is 1470. The highest BCUT2D eigenvalue weighted by Gasteiger charge is 2.17. The summed E-state index contributed by atoms with van der Waals surface area (Å²) < 4.78 is 44.5. The highest BCUT2D eigenvalue weighted by Crippen LogP contribution is 2.29. The van der Waals surface area contributed by atoms with Crippen molar-refractivity contribution in [3.8, 4) is 17.6 Å². The second kappa shape index (κ2) is 10.9. The maximum atomic E-state index is 12.8. The first-order valence-electron chi connectivity index (χ1n) is 10.5. The zero-order valence-corrected chi connectivity index (χ0v) is 21.9. The van der Waals surface area contributed by atoms with E-state index in [4.69, 9.17) is 26.4 Å². The van der Waals surface area contributed by atoms with E-state index >= 15 is 0 Å². The summed E-state index contributed by atoms with van der Waals surface area (Å²) >= 11 is 6.82. The Labute approximate surface area is 216 Å². The minimum atomic E-state index is -3.93. The van der Waals surface area contributed by atoms with Crippen LogP contribution in [0.2, 0.25) is 0 Å². The molecule has 0 amide bonds. The van der Waals surface area contributed by atoms with E-state index in [-0.39, 0.29) is 22.6 Å². The van der Waals surface area contributed by atoms with Gasteiger partial charge in [-0.1, -0.05) is 11.3 Å². The van der Waals surface area contributed by atoms with Gasteiger partial charge < -0.3 is 24.8 Å². The van der Waals surface area contributed by atoms with E-state index in [1.165, 1.54) is 43.8 Å². The molecule has 14 heteroatoms. The number of hydrogen-bond donors (Lipinski definition) is 3. The normalized spacial score (nSPS) is 11.1. The SMILES string of the molecule is CCOc1ccc2nc(NC(=S)Nc3ccc(S(=O)(=O)Nc4cc(OC)nc(OC)n4)cc3)sc2c1. The number of benzene rings is 2. The second-order valence-electron chi connectivity index (χ2n) is 7.07. The summed E-state index contributed by atoms with van der Waals surface area (Å²) in [7, 11) is -1.15. The third-order valence-corrected chi connectivity index (χ3v) is 7.13. The van der Waals surface area contributed by atoms with Gasteiger partial charge in [-0.25, -0.2) is 13.4 Å². The van der Waals surface area contributed by atoms with Gasteiger partial charge in [-0.05, 0) is 61.6 Å². The predicted octanol–water partition coefficient (Wildman–Crippen LogP) is 4.11. The number of fused-ring (bicyclic) bond motifs is 1. The molecule has 11 nitrogen and oxygen atoms in total. The van der Waals surface area contributed by atoms with Crippen LogP contribution in [0, 0.1) is 0 Å². The monoisotopic (exact) mass is 546 g/mol.